The summed E-state index contributed by atoms with van der Waals surface area (Å²) in [6.07, 6.45) is 1.76. The van der Waals surface area contributed by atoms with Gasteiger partial charge < -0.3 is 9.47 Å². The minimum absolute atomic E-state index is 0.228. The lowest BCUT2D eigenvalue weighted by Gasteiger charge is -2.09. The van der Waals surface area contributed by atoms with Gasteiger partial charge in [-0.15, -0.1) is 0 Å². The second kappa shape index (κ2) is 7.48. The summed E-state index contributed by atoms with van der Waals surface area (Å²) in [5, 5.41) is 0. The molecule has 0 unspecified atom stereocenters. The van der Waals surface area contributed by atoms with E-state index in [1.54, 1.807) is 14.2 Å². The van der Waals surface area contributed by atoms with Crippen LogP contribution in [0.15, 0.2) is 48.5 Å². The largest absolute Gasteiger partial charge is 0.493 e. The molecule has 0 radical (unpaired) electrons. The van der Waals surface area contributed by atoms with Gasteiger partial charge in [0.25, 0.3) is 0 Å². The summed E-state index contributed by atoms with van der Waals surface area (Å²) in [6.45, 7) is 0. The SMILES string of the molecule is COc1ccc(CC(=O)CCc2ccccc2)cc1OC. The lowest BCUT2D eigenvalue weighted by Crippen LogP contribution is -2.04. The summed E-state index contributed by atoms with van der Waals surface area (Å²) < 4.78 is 10.4. The molecule has 110 valence electrons. The number of benzene rings is 2. The van der Waals surface area contributed by atoms with Crippen LogP contribution in [0, 0.1) is 0 Å². The molecule has 0 saturated heterocycles. The molecule has 2 rings (SSSR count). The number of carbonyl (C=O) groups excluding carboxylic acids is 1. The van der Waals surface area contributed by atoms with E-state index in [-0.39, 0.29) is 5.78 Å². The van der Waals surface area contributed by atoms with Crippen LogP contribution in [-0.2, 0) is 17.6 Å². The van der Waals surface area contributed by atoms with Crippen molar-refractivity contribution in [3.05, 3.63) is 59.7 Å². The fraction of sp³-hybridized carbons (Fsp3) is 0.278. The van der Waals surface area contributed by atoms with Crippen molar-refractivity contribution in [3.63, 3.8) is 0 Å². The zero-order valence-electron chi connectivity index (χ0n) is 12.5. The van der Waals surface area contributed by atoms with E-state index in [1.807, 2.05) is 48.5 Å². The summed E-state index contributed by atoms with van der Waals surface area (Å²) in [6, 6.07) is 15.7. The molecular formula is C18H20O3. The van der Waals surface area contributed by atoms with Crippen molar-refractivity contribution < 1.29 is 14.3 Å². The van der Waals surface area contributed by atoms with E-state index < -0.39 is 0 Å². The molecule has 0 aromatic heterocycles. The Morgan fingerprint density at radius 2 is 1.62 bits per heavy atom. The highest BCUT2D eigenvalue weighted by Gasteiger charge is 2.08. The van der Waals surface area contributed by atoms with Gasteiger partial charge in [-0.2, -0.15) is 0 Å². The van der Waals surface area contributed by atoms with Crippen molar-refractivity contribution in [1.82, 2.24) is 0 Å². The molecule has 0 aliphatic rings. The fourth-order valence-corrected chi connectivity index (χ4v) is 2.24. The molecule has 21 heavy (non-hydrogen) atoms. The molecule has 0 heterocycles. The Balaban J connectivity index is 1.93. The molecule has 0 aliphatic heterocycles. The standard InChI is InChI=1S/C18H20O3/c1-20-17-11-9-15(13-18(17)21-2)12-16(19)10-8-14-6-4-3-5-7-14/h3-7,9,11,13H,8,10,12H2,1-2H3. The third kappa shape index (κ3) is 4.35. The number of hydrogen-bond donors (Lipinski definition) is 0. The van der Waals surface area contributed by atoms with Crippen LogP contribution in [0.4, 0.5) is 0 Å². The average Bonchev–Trinajstić information content (AvgIpc) is 2.53. The molecule has 0 amide bonds. The van der Waals surface area contributed by atoms with E-state index in [4.69, 9.17) is 9.47 Å². The molecule has 0 N–H and O–H groups in total. The predicted molar refractivity (Wildman–Crippen MR) is 83.0 cm³/mol. The van der Waals surface area contributed by atoms with Crippen LogP contribution >= 0.6 is 0 Å². The Hall–Kier alpha value is -2.29. The minimum Gasteiger partial charge on any atom is -0.493 e. The molecular weight excluding hydrogens is 264 g/mol. The predicted octanol–water partition coefficient (Wildman–Crippen LogP) is 3.45. The zero-order valence-corrected chi connectivity index (χ0v) is 12.5. The van der Waals surface area contributed by atoms with Crippen molar-refractivity contribution >= 4 is 5.78 Å². The second-order valence-electron chi connectivity index (χ2n) is 4.89. The van der Waals surface area contributed by atoms with Gasteiger partial charge in [0.2, 0.25) is 0 Å². The maximum Gasteiger partial charge on any atom is 0.161 e. The first-order valence-corrected chi connectivity index (χ1v) is 6.99. The van der Waals surface area contributed by atoms with Crippen molar-refractivity contribution in [3.8, 4) is 11.5 Å². The molecule has 0 spiro atoms. The van der Waals surface area contributed by atoms with Crippen molar-refractivity contribution in [2.24, 2.45) is 0 Å². The zero-order chi connectivity index (χ0) is 15.1. The van der Waals surface area contributed by atoms with Crippen LogP contribution in [-0.4, -0.2) is 20.0 Å². The Bertz CT molecular complexity index is 591. The van der Waals surface area contributed by atoms with E-state index in [0.29, 0.717) is 24.3 Å². The van der Waals surface area contributed by atoms with Crippen LogP contribution in [0.2, 0.25) is 0 Å². The third-order valence-corrected chi connectivity index (χ3v) is 3.38. The van der Waals surface area contributed by atoms with E-state index in [2.05, 4.69) is 0 Å². The number of Topliss-reactive ketones (excluding diaryl/α,β-unsaturated/α-hetero) is 1. The monoisotopic (exact) mass is 284 g/mol. The first-order chi connectivity index (χ1) is 10.2. The number of ether oxygens (including phenoxy) is 2. The highest BCUT2D eigenvalue weighted by Crippen LogP contribution is 2.27. The Morgan fingerprint density at radius 1 is 0.905 bits per heavy atom. The summed E-state index contributed by atoms with van der Waals surface area (Å²) in [5.41, 5.74) is 2.14. The Morgan fingerprint density at radius 3 is 2.29 bits per heavy atom. The maximum atomic E-state index is 12.1. The van der Waals surface area contributed by atoms with Crippen molar-refractivity contribution in [2.45, 2.75) is 19.3 Å². The van der Waals surface area contributed by atoms with Gasteiger partial charge in [-0.1, -0.05) is 36.4 Å². The molecule has 2 aromatic carbocycles. The lowest BCUT2D eigenvalue weighted by atomic mass is 10.0. The molecule has 0 saturated carbocycles. The summed E-state index contributed by atoms with van der Waals surface area (Å²) in [4.78, 5) is 12.1. The van der Waals surface area contributed by atoms with E-state index >= 15 is 0 Å². The van der Waals surface area contributed by atoms with Gasteiger partial charge in [-0.25, -0.2) is 0 Å². The molecule has 3 nitrogen and oxygen atoms in total. The number of ketones is 1. The van der Waals surface area contributed by atoms with Crippen molar-refractivity contribution in [1.29, 1.82) is 0 Å². The first kappa shape index (κ1) is 15.1. The Labute approximate surface area is 125 Å². The van der Waals surface area contributed by atoms with Gasteiger partial charge in [0.05, 0.1) is 14.2 Å². The van der Waals surface area contributed by atoms with Crippen LogP contribution in [0.1, 0.15) is 17.5 Å². The fourth-order valence-electron chi connectivity index (χ4n) is 2.24. The highest BCUT2D eigenvalue weighted by atomic mass is 16.5. The topological polar surface area (TPSA) is 35.5 Å². The highest BCUT2D eigenvalue weighted by molar-refractivity contribution is 5.81. The van der Waals surface area contributed by atoms with Crippen LogP contribution in [0.25, 0.3) is 0 Å². The Kier molecular flexibility index (Phi) is 5.38. The summed E-state index contributed by atoms with van der Waals surface area (Å²) in [5.74, 6) is 1.56. The van der Waals surface area contributed by atoms with Gasteiger partial charge in [0.1, 0.15) is 5.78 Å². The average molecular weight is 284 g/mol. The number of rotatable bonds is 7. The number of aryl methyl sites for hydroxylation is 1. The minimum atomic E-state index is 0.228. The van der Waals surface area contributed by atoms with E-state index in [1.165, 1.54) is 5.56 Å². The van der Waals surface area contributed by atoms with Gasteiger partial charge in [-0.3, -0.25) is 4.79 Å². The normalized spacial score (nSPS) is 10.2. The smallest absolute Gasteiger partial charge is 0.161 e. The van der Waals surface area contributed by atoms with Crippen molar-refractivity contribution in [2.75, 3.05) is 14.2 Å². The molecule has 0 fully saturated rings. The van der Waals surface area contributed by atoms with Gasteiger partial charge in [-0.05, 0) is 29.7 Å². The van der Waals surface area contributed by atoms with Crippen LogP contribution < -0.4 is 9.47 Å². The molecule has 3 heteroatoms. The van der Waals surface area contributed by atoms with Gasteiger partial charge in [0, 0.05) is 12.8 Å². The van der Waals surface area contributed by atoms with Crippen LogP contribution in [0.3, 0.4) is 0 Å². The molecule has 0 aliphatic carbocycles. The number of carbonyl (C=O) groups is 1. The summed E-state index contributed by atoms with van der Waals surface area (Å²) >= 11 is 0. The second-order valence-corrected chi connectivity index (χ2v) is 4.89. The van der Waals surface area contributed by atoms with Gasteiger partial charge >= 0.3 is 0 Å². The third-order valence-electron chi connectivity index (χ3n) is 3.38. The molecule has 2 aromatic rings. The van der Waals surface area contributed by atoms with E-state index in [9.17, 15) is 4.79 Å². The first-order valence-electron chi connectivity index (χ1n) is 6.99. The number of methoxy groups -OCH3 is 2. The summed E-state index contributed by atoms with van der Waals surface area (Å²) in [7, 11) is 3.20. The quantitative estimate of drug-likeness (QED) is 0.781. The maximum absolute atomic E-state index is 12.1. The van der Waals surface area contributed by atoms with Crippen LogP contribution in [0.5, 0.6) is 11.5 Å². The molecule has 0 atom stereocenters. The van der Waals surface area contributed by atoms with Gasteiger partial charge in [0.15, 0.2) is 11.5 Å². The number of hydrogen-bond acceptors (Lipinski definition) is 3. The molecule has 0 bridgehead atoms. The lowest BCUT2D eigenvalue weighted by molar-refractivity contribution is -0.118. The van der Waals surface area contributed by atoms with E-state index in [0.717, 1.165) is 12.0 Å².